The minimum atomic E-state index is -6.35. The summed E-state index contributed by atoms with van der Waals surface area (Å²) in [4.78, 5) is -7.35. The largest absolute Gasteiger partial charge is 0.501 e. The molecule has 0 aliphatic carbocycles. The van der Waals surface area contributed by atoms with E-state index < -0.39 is 58.7 Å². The highest BCUT2D eigenvalue weighted by molar-refractivity contribution is 9.10. The highest BCUT2D eigenvalue weighted by atomic mass is 79.9. The fraction of sp³-hybridized carbons (Fsp3) is 0.400. The molecule has 1 atom stereocenters. The van der Waals surface area contributed by atoms with Crippen LogP contribution in [0.25, 0.3) is 0 Å². The Morgan fingerprint density at radius 3 is 1.68 bits per heavy atom. The lowest BCUT2D eigenvalue weighted by Crippen LogP contribution is -2.49. The molecule has 0 saturated carbocycles. The van der Waals surface area contributed by atoms with E-state index in [9.17, 15) is 47.9 Å². The average Bonchev–Trinajstić information content (AvgIpc) is 2.36. The molecule has 25 heavy (non-hydrogen) atoms. The molecule has 0 radical (unpaired) electrons. The van der Waals surface area contributed by atoms with Crippen molar-refractivity contribution in [3.63, 3.8) is 0 Å². The molecule has 0 amide bonds. The molecule has 0 aromatic heterocycles. The Balaban J connectivity index is 3.94. The zero-order chi connectivity index (χ0) is 20.2. The summed E-state index contributed by atoms with van der Waals surface area (Å²) in [5.74, 6) is 0. The Hall–Kier alpha value is -0.700. The molecule has 0 aliphatic heterocycles. The second kappa shape index (κ2) is 6.18. The molecule has 15 heteroatoms. The second-order valence-corrected chi connectivity index (χ2v) is 8.23. The van der Waals surface area contributed by atoms with Gasteiger partial charge in [-0.15, -0.1) is 0 Å². The summed E-state index contributed by atoms with van der Waals surface area (Å²) in [7, 11) is -6.35. The number of sulfone groups is 1. The smallest absolute Gasteiger partial charge is 0.397 e. The predicted octanol–water partition coefficient (Wildman–Crippen LogP) is 5.04. The van der Waals surface area contributed by atoms with E-state index in [1.54, 1.807) is 0 Å². The standard InChI is InChI=1S/C10H4Br2F9NO2S/c11-4-1-3(7(13,8(12,14)15)9(16,17)18)2-5(6(4)22)25(23,24)10(19,20)21/h1-2H,22H2. The first-order valence-corrected chi connectivity index (χ1v) is 8.58. The third-order valence-electron chi connectivity index (χ3n) is 2.86. The lowest BCUT2D eigenvalue weighted by atomic mass is 9.95. The van der Waals surface area contributed by atoms with Gasteiger partial charge in [0, 0.05) is 10.0 Å². The fourth-order valence-electron chi connectivity index (χ4n) is 1.63. The minimum Gasteiger partial charge on any atom is -0.397 e. The summed E-state index contributed by atoms with van der Waals surface area (Å²) in [5.41, 5.74) is -9.84. The lowest BCUT2D eigenvalue weighted by molar-refractivity contribution is -0.282. The van der Waals surface area contributed by atoms with E-state index in [0.717, 1.165) is 0 Å². The Kier molecular flexibility index (Phi) is 5.52. The molecule has 1 aromatic rings. The predicted molar refractivity (Wildman–Crippen MR) is 74.5 cm³/mol. The summed E-state index contributed by atoms with van der Waals surface area (Å²) in [6.45, 7) is 0. The molecule has 0 heterocycles. The molecule has 0 aliphatic rings. The normalized spacial score (nSPS) is 16.6. The molecule has 0 bridgehead atoms. The molecule has 3 nitrogen and oxygen atoms in total. The number of nitrogen functional groups attached to an aromatic ring is 1. The maximum absolute atomic E-state index is 14.3. The first-order valence-electron chi connectivity index (χ1n) is 5.51. The summed E-state index contributed by atoms with van der Waals surface area (Å²) in [6.07, 6.45) is -6.32. The number of benzene rings is 1. The van der Waals surface area contributed by atoms with E-state index in [-0.39, 0.29) is 6.07 Å². The summed E-state index contributed by atoms with van der Waals surface area (Å²) in [5, 5.41) is 0. The number of alkyl halides is 10. The number of anilines is 1. The van der Waals surface area contributed by atoms with Crippen molar-refractivity contribution in [2.45, 2.75) is 27.1 Å². The Labute approximate surface area is 150 Å². The van der Waals surface area contributed by atoms with Gasteiger partial charge in [-0.25, -0.2) is 12.8 Å². The summed E-state index contributed by atoms with van der Waals surface area (Å²) >= 11 is 3.52. The maximum atomic E-state index is 14.3. The molecule has 0 saturated heterocycles. The molecule has 1 aromatic carbocycles. The fourth-order valence-corrected chi connectivity index (χ4v) is 3.60. The van der Waals surface area contributed by atoms with Gasteiger partial charge < -0.3 is 5.73 Å². The van der Waals surface area contributed by atoms with Gasteiger partial charge in [-0.3, -0.25) is 0 Å². The van der Waals surface area contributed by atoms with E-state index in [4.69, 9.17) is 5.73 Å². The first-order chi connectivity index (χ1) is 10.8. The number of halogens is 11. The van der Waals surface area contributed by atoms with Crippen LogP contribution in [0.1, 0.15) is 5.56 Å². The monoisotopic (exact) mass is 531 g/mol. The highest BCUT2D eigenvalue weighted by Gasteiger charge is 2.71. The average molecular weight is 533 g/mol. The second-order valence-electron chi connectivity index (χ2n) is 4.47. The van der Waals surface area contributed by atoms with E-state index in [1.165, 1.54) is 15.9 Å². The van der Waals surface area contributed by atoms with Crippen LogP contribution in [0.3, 0.4) is 0 Å². The van der Waals surface area contributed by atoms with Gasteiger partial charge in [-0.1, -0.05) is 0 Å². The van der Waals surface area contributed by atoms with Gasteiger partial charge >= 0.3 is 22.2 Å². The van der Waals surface area contributed by atoms with E-state index in [0.29, 0.717) is 0 Å². The van der Waals surface area contributed by atoms with E-state index in [2.05, 4.69) is 15.9 Å². The van der Waals surface area contributed by atoms with Crippen LogP contribution in [-0.4, -0.2) is 24.9 Å². The van der Waals surface area contributed by atoms with Gasteiger partial charge in [0.1, 0.15) is 4.90 Å². The number of hydrogen-bond acceptors (Lipinski definition) is 3. The van der Waals surface area contributed by atoms with Gasteiger partial charge in [-0.05, 0) is 44.0 Å². The molecule has 0 fully saturated rings. The van der Waals surface area contributed by atoms with Crippen LogP contribution in [0.5, 0.6) is 0 Å². The minimum absolute atomic E-state index is 0.00733. The van der Waals surface area contributed by atoms with Crippen molar-refractivity contribution in [2.24, 2.45) is 0 Å². The van der Waals surface area contributed by atoms with E-state index in [1.807, 2.05) is 0 Å². The van der Waals surface area contributed by atoms with Crippen LogP contribution in [-0.2, 0) is 15.5 Å². The van der Waals surface area contributed by atoms with Gasteiger partial charge in [0.15, 0.2) is 0 Å². The summed E-state index contributed by atoms with van der Waals surface area (Å²) < 4.78 is 139. The zero-order valence-electron chi connectivity index (χ0n) is 11.1. The van der Waals surface area contributed by atoms with Crippen molar-refractivity contribution in [3.05, 3.63) is 22.2 Å². The number of nitrogens with two attached hydrogens (primary N) is 1. The van der Waals surface area contributed by atoms with Crippen LogP contribution < -0.4 is 5.73 Å². The molecular weight excluding hydrogens is 529 g/mol. The third kappa shape index (κ3) is 3.59. The van der Waals surface area contributed by atoms with Crippen LogP contribution in [0.4, 0.5) is 45.2 Å². The van der Waals surface area contributed by atoms with Crippen molar-refractivity contribution in [1.82, 2.24) is 0 Å². The first kappa shape index (κ1) is 22.3. The van der Waals surface area contributed by atoms with Gasteiger partial charge in [0.2, 0.25) is 0 Å². The Morgan fingerprint density at radius 1 is 0.920 bits per heavy atom. The molecule has 1 unspecified atom stereocenters. The molecule has 2 N–H and O–H groups in total. The topological polar surface area (TPSA) is 60.2 Å². The quantitative estimate of drug-likeness (QED) is 0.337. The number of rotatable bonds is 3. The highest BCUT2D eigenvalue weighted by Crippen LogP contribution is 2.56. The van der Waals surface area contributed by atoms with Gasteiger partial charge in [0.05, 0.1) is 5.69 Å². The van der Waals surface area contributed by atoms with Crippen molar-refractivity contribution in [1.29, 1.82) is 0 Å². The molecule has 144 valence electrons. The van der Waals surface area contributed by atoms with Crippen LogP contribution in [0, 0.1) is 0 Å². The van der Waals surface area contributed by atoms with E-state index >= 15 is 0 Å². The third-order valence-corrected chi connectivity index (χ3v) is 5.59. The molecular formula is C10H4Br2F9NO2S. The van der Waals surface area contributed by atoms with Crippen molar-refractivity contribution in [2.75, 3.05) is 5.73 Å². The summed E-state index contributed by atoms with van der Waals surface area (Å²) in [6, 6.07) is -0.529. The van der Waals surface area contributed by atoms with Crippen LogP contribution >= 0.6 is 31.9 Å². The van der Waals surface area contributed by atoms with Gasteiger partial charge in [0.25, 0.3) is 9.84 Å². The molecule has 1 rings (SSSR count). The SMILES string of the molecule is Nc1c(Br)cc(C(F)(C(F)(F)F)C(F)(F)Br)cc1S(=O)(=O)C(F)(F)F. The zero-order valence-corrected chi connectivity index (χ0v) is 15.1. The Bertz CT molecular complexity index is 769. The van der Waals surface area contributed by atoms with Gasteiger partial charge in [-0.2, -0.15) is 35.1 Å². The van der Waals surface area contributed by atoms with Crippen LogP contribution in [0.2, 0.25) is 0 Å². The Morgan fingerprint density at radius 2 is 1.36 bits per heavy atom. The lowest BCUT2D eigenvalue weighted by Gasteiger charge is -2.32. The number of hydrogen-bond donors (Lipinski definition) is 1. The van der Waals surface area contributed by atoms with Crippen molar-refractivity contribution < 1.29 is 47.9 Å². The van der Waals surface area contributed by atoms with Crippen molar-refractivity contribution in [3.8, 4) is 0 Å². The van der Waals surface area contributed by atoms with Crippen molar-refractivity contribution >= 4 is 47.4 Å². The maximum Gasteiger partial charge on any atom is 0.501 e. The molecule has 0 spiro atoms. The van der Waals surface area contributed by atoms with Crippen LogP contribution in [0.15, 0.2) is 21.5 Å².